The number of benzene rings is 3. The molecule has 0 unspecified atom stereocenters. The van der Waals surface area contributed by atoms with Crippen molar-refractivity contribution in [3.05, 3.63) is 89.5 Å². The molecular weight excluding hydrogens is 452 g/mol. The second kappa shape index (κ2) is 10.9. The van der Waals surface area contributed by atoms with Gasteiger partial charge in [-0.3, -0.25) is 9.10 Å². The number of thioether (sulfide) groups is 1. The lowest BCUT2D eigenvalue weighted by atomic mass is 10.1. The molecule has 5 nitrogen and oxygen atoms in total. The topological polar surface area (TPSA) is 66.5 Å². The summed E-state index contributed by atoms with van der Waals surface area (Å²) in [6.45, 7) is 5.69. The van der Waals surface area contributed by atoms with Crippen molar-refractivity contribution < 1.29 is 13.2 Å². The molecule has 0 fully saturated rings. The van der Waals surface area contributed by atoms with Crippen LogP contribution in [0.15, 0.2) is 77.7 Å². The smallest absolute Gasteiger partial charge is 0.248 e. The number of hydrogen-bond acceptors (Lipinski definition) is 4. The highest BCUT2D eigenvalue weighted by Crippen LogP contribution is 2.27. The van der Waals surface area contributed by atoms with Gasteiger partial charge in [-0.1, -0.05) is 55.0 Å². The van der Waals surface area contributed by atoms with Crippen molar-refractivity contribution in [2.75, 3.05) is 15.9 Å². The van der Waals surface area contributed by atoms with Crippen molar-refractivity contribution in [3.63, 3.8) is 0 Å². The Morgan fingerprint density at radius 2 is 1.67 bits per heavy atom. The third kappa shape index (κ3) is 6.62. The number of aryl methyl sites for hydroxylation is 2. The molecule has 0 aliphatic carbocycles. The molecule has 1 atom stereocenters. The zero-order valence-electron chi connectivity index (χ0n) is 19.4. The van der Waals surface area contributed by atoms with Gasteiger partial charge in [0.2, 0.25) is 15.9 Å². The quantitative estimate of drug-likeness (QED) is 0.393. The Labute approximate surface area is 201 Å². The molecule has 0 saturated heterocycles. The van der Waals surface area contributed by atoms with Crippen molar-refractivity contribution in [3.8, 4) is 0 Å². The van der Waals surface area contributed by atoms with Gasteiger partial charge in [0.15, 0.2) is 0 Å². The van der Waals surface area contributed by atoms with Crippen LogP contribution >= 0.6 is 11.8 Å². The number of carbonyl (C=O) groups excluding carboxylic acids is 1. The van der Waals surface area contributed by atoms with E-state index in [1.807, 2.05) is 63.2 Å². The zero-order valence-corrected chi connectivity index (χ0v) is 21.0. The Bertz CT molecular complexity index is 1190. The fourth-order valence-corrected chi connectivity index (χ4v) is 5.68. The summed E-state index contributed by atoms with van der Waals surface area (Å²) in [6.07, 6.45) is 1.48. The van der Waals surface area contributed by atoms with Crippen LogP contribution in [-0.4, -0.2) is 26.6 Å². The molecule has 174 valence electrons. The minimum absolute atomic E-state index is 0.345. The van der Waals surface area contributed by atoms with Gasteiger partial charge < -0.3 is 5.32 Å². The largest absolute Gasteiger partial charge is 0.324 e. The molecule has 1 amide bonds. The molecule has 0 aliphatic heterocycles. The highest BCUT2D eigenvalue weighted by atomic mass is 32.2. The third-order valence-electron chi connectivity index (χ3n) is 5.32. The second-order valence-corrected chi connectivity index (χ2v) is 11.0. The summed E-state index contributed by atoms with van der Waals surface area (Å²) in [4.78, 5) is 14.4. The van der Waals surface area contributed by atoms with Crippen LogP contribution in [0.25, 0.3) is 0 Å². The van der Waals surface area contributed by atoms with E-state index in [1.54, 1.807) is 23.9 Å². The van der Waals surface area contributed by atoms with E-state index in [0.29, 0.717) is 17.8 Å². The summed E-state index contributed by atoms with van der Waals surface area (Å²) in [7, 11) is -3.66. The first-order valence-electron chi connectivity index (χ1n) is 10.8. The molecule has 0 saturated carbocycles. The van der Waals surface area contributed by atoms with Gasteiger partial charge in [-0.15, -0.1) is 11.8 Å². The molecule has 3 rings (SSSR count). The molecule has 0 aliphatic rings. The van der Waals surface area contributed by atoms with Gasteiger partial charge in [-0.25, -0.2) is 8.42 Å². The third-order valence-corrected chi connectivity index (χ3v) is 7.58. The number of rotatable bonds is 9. The van der Waals surface area contributed by atoms with Crippen molar-refractivity contribution in [2.24, 2.45) is 0 Å². The Morgan fingerprint density at radius 3 is 2.24 bits per heavy atom. The predicted molar refractivity (Wildman–Crippen MR) is 138 cm³/mol. The van der Waals surface area contributed by atoms with Gasteiger partial charge in [-0.05, 0) is 61.7 Å². The molecule has 3 aromatic rings. The summed E-state index contributed by atoms with van der Waals surface area (Å²) in [6, 6.07) is 22.4. The van der Waals surface area contributed by atoms with Crippen LogP contribution in [0, 0.1) is 13.8 Å². The van der Waals surface area contributed by atoms with E-state index in [4.69, 9.17) is 0 Å². The second-order valence-electron chi connectivity index (χ2n) is 8.06. The van der Waals surface area contributed by atoms with E-state index < -0.39 is 16.1 Å². The van der Waals surface area contributed by atoms with Crippen molar-refractivity contribution in [1.82, 2.24) is 0 Å². The summed E-state index contributed by atoms with van der Waals surface area (Å²) in [5.74, 6) is 0.476. The van der Waals surface area contributed by atoms with Crippen LogP contribution in [0.3, 0.4) is 0 Å². The number of anilines is 2. The summed E-state index contributed by atoms with van der Waals surface area (Å²) < 4.78 is 26.4. The van der Waals surface area contributed by atoms with Gasteiger partial charge in [0.25, 0.3) is 0 Å². The molecule has 1 N–H and O–H groups in total. The van der Waals surface area contributed by atoms with Gasteiger partial charge in [0.05, 0.1) is 11.9 Å². The van der Waals surface area contributed by atoms with Crippen molar-refractivity contribution >= 4 is 39.1 Å². The van der Waals surface area contributed by atoms with Crippen LogP contribution in [0.4, 0.5) is 11.4 Å². The first kappa shape index (κ1) is 24.9. The minimum Gasteiger partial charge on any atom is -0.324 e. The number of nitrogens with one attached hydrogen (secondary N) is 1. The van der Waals surface area contributed by atoms with Crippen LogP contribution < -0.4 is 9.62 Å². The van der Waals surface area contributed by atoms with E-state index in [9.17, 15) is 13.2 Å². The monoisotopic (exact) mass is 482 g/mol. The van der Waals surface area contributed by atoms with Crippen LogP contribution in [0.1, 0.15) is 30.0 Å². The Kier molecular flexibility index (Phi) is 8.21. The standard InChI is InChI=1S/C26H30N2O3S2/c1-5-25(28(33(4,30)31)22-14-11-19(2)12-15-22)26(29)27-24-16-13-21(17-20(24)3)18-32-23-9-7-6-8-10-23/h6-17,25H,5,18H2,1-4H3,(H,27,29)/t25-/m0/s1. The summed E-state index contributed by atoms with van der Waals surface area (Å²) in [5.41, 5.74) is 4.28. The van der Waals surface area contributed by atoms with Crippen molar-refractivity contribution in [1.29, 1.82) is 0 Å². The van der Waals surface area contributed by atoms with E-state index in [0.717, 1.165) is 28.7 Å². The summed E-state index contributed by atoms with van der Waals surface area (Å²) in [5, 5.41) is 2.94. The maximum atomic E-state index is 13.2. The SMILES string of the molecule is CC[C@@H](C(=O)Nc1ccc(CSc2ccccc2)cc1C)N(c1ccc(C)cc1)S(C)(=O)=O. The lowest BCUT2D eigenvalue weighted by molar-refractivity contribution is -0.117. The fraction of sp³-hybridized carbons (Fsp3) is 0.269. The number of amides is 1. The first-order chi connectivity index (χ1) is 15.7. The van der Waals surface area contributed by atoms with E-state index in [1.165, 1.54) is 9.20 Å². The van der Waals surface area contributed by atoms with Gasteiger partial charge in [-0.2, -0.15) is 0 Å². The highest BCUT2D eigenvalue weighted by molar-refractivity contribution is 7.98. The molecule has 0 bridgehead atoms. The average molecular weight is 483 g/mol. The summed E-state index contributed by atoms with van der Waals surface area (Å²) >= 11 is 1.76. The van der Waals surface area contributed by atoms with Crippen LogP contribution in [0.5, 0.6) is 0 Å². The van der Waals surface area contributed by atoms with E-state index in [-0.39, 0.29) is 5.91 Å². The number of nitrogens with zero attached hydrogens (tertiary/aromatic N) is 1. The van der Waals surface area contributed by atoms with E-state index in [2.05, 4.69) is 23.5 Å². The lowest BCUT2D eigenvalue weighted by Crippen LogP contribution is -2.47. The Balaban J connectivity index is 1.76. The van der Waals surface area contributed by atoms with E-state index >= 15 is 0 Å². The Hall–Kier alpha value is -2.77. The van der Waals surface area contributed by atoms with Gasteiger partial charge in [0, 0.05) is 16.3 Å². The lowest BCUT2D eigenvalue weighted by Gasteiger charge is -2.30. The molecule has 0 radical (unpaired) electrons. The fourth-order valence-electron chi connectivity index (χ4n) is 3.61. The molecule has 3 aromatic carbocycles. The zero-order chi connectivity index (χ0) is 24.0. The number of carbonyl (C=O) groups is 1. The molecule has 33 heavy (non-hydrogen) atoms. The number of hydrogen-bond donors (Lipinski definition) is 1. The minimum atomic E-state index is -3.66. The molecular formula is C26H30N2O3S2. The molecule has 0 aromatic heterocycles. The normalized spacial score (nSPS) is 12.2. The maximum absolute atomic E-state index is 13.2. The maximum Gasteiger partial charge on any atom is 0.248 e. The van der Waals surface area contributed by atoms with Crippen molar-refractivity contribution in [2.45, 2.75) is 43.9 Å². The highest BCUT2D eigenvalue weighted by Gasteiger charge is 2.31. The Morgan fingerprint density at radius 1 is 1.00 bits per heavy atom. The molecule has 0 heterocycles. The molecule has 7 heteroatoms. The average Bonchev–Trinajstić information content (AvgIpc) is 2.78. The van der Waals surface area contributed by atoms with Gasteiger partial charge >= 0.3 is 0 Å². The molecule has 0 spiro atoms. The van der Waals surface area contributed by atoms with Gasteiger partial charge in [0.1, 0.15) is 6.04 Å². The van der Waals surface area contributed by atoms with Crippen LogP contribution in [-0.2, 0) is 20.6 Å². The number of sulfonamides is 1. The first-order valence-corrected chi connectivity index (χ1v) is 13.7. The van der Waals surface area contributed by atoms with Crippen LogP contribution in [0.2, 0.25) is 0 Å². The predicted octanol–water partition coefficient (Wildman–Crippen LogP) is 5.78.